The van der Waals surface area contributed by atoms with Crippen LogP contribution in [0.4, 0.5) is 5.82 Å². The number of thiazole rings is 1. The van der Waals surface area contributed by atoms with Crippen molar-refractivity contribution in [3.8, 4) is 11.3 Å². The van der Waals surface area contributed by atoms with Crippen molar-refractivity contribution < 1.29 is 9.59 Å². The number of hydrogen-bond donors (Lipinski definition) is 0. The molecule has 0 atom stereocenters. The molecule has 150 valence electrons. The van der Waals surface area contributed by atoms with Crippen molar-refractivity contribution in [1.29, 1.82) is 0 Å². The molecule has 0 saturated carbocycles. The van der Waals surface area contributed by atoms with Crippen molar-refractivity contribution in [2.75, 3.05) is 11.4 Å². The Labute approximate surface area is 174 Å². The van der Waals surface area contributed by atoms with Gasteiger partial charge in [-0.25, -0.2) is 9.67 Å². The molecule has 0 bridgehead atoms. The number of benzene rings is 1. The molecule has 0 N–H and O–H groups in total. The maximum atomic E-state index is 12.7. The minimum Gasteiger partial charge on any atom is -0.299 e. The lowest BCUT2D eigenvalue weighted by molar-refractivity contribution is -0.123. The Morgan fingerprint density at radius 3 is 2.62 bits per heavy atom. The number of carbonyl (C=O) groups excluding carboxylic acids is 2. The summed E-state index contributed by atoms with van der Waals surface area (Å²) in [4.78, 5) is 31.3. The van der Waals surface area contributed by atoms with Crippen LogP contribution in [0.2, 0.25) is 0 Å². The van der Waals surface area contributed by atoms with E-state index in [1.165, 1.54) is 0 Å². The largest absolute Gasteiger partial charge is 0.299 e. The molecule has 1 amide bonds. The van der Waals surface area contributed by atoms with Crippen LogP contribution in [0.15, 0.2) is 35.7 Å². The highest BCUT2D eigenvalue weighted by Crippen LogP contribution is 2.24. The van der Waals surface area contributed by atoms with Crippen LogP contribution in [-0.2, 0) is 22.6 Å². The summed E-state index contributed by atoms with van der Waals surface area (Å²) >= 11 is 1.63. The van der Waals surface area contributed by atoms with Crippen molar-refractivity contribution in [2.24, 2.45) is 0 Å². The van der Waals surface area contributed by atoms with Gasteiger partial charge in [0, 0.05) is 49.4 Å². The molecule has 1 aliphatic rings. The number of rotatable bonds is 6. The second kappa shape index (κ2) is 8.29. The first-order valence-corrected chi connectivity index (χ1v) is 10.8. The quantitative estimate of drug-likeness (QED) is 0.619. The minimum atomic E-state index is -0.00606. The number of aryl methyl sites for hydroxylation is 3. The Hall–Kier alpha value is -2.80. The van der Waals surface area contributed by atoms with Crippen LogP contribution in [-0.4, -0.2) is 33.0 Å². The summed E-state index contributed by atoms with van der Waals surface area (Å²) in [6.45, 7) is 5.44. The van der Waals surface area contributed by atoms with Gasteiger partial charge in [-0.15, -0.1) is 11.3 Å². The molecule has 0 aliphatic carbocycles. The number of anilines is 1. The number of ketones is 1. The highest BCUT2D eigenvalue weighted by atomic mass is 32.1. The summed E-state index contributed by atoms with van der Waals surface area (Å²) in [6, 6.07) is 9.87. The molecule has 4 rings (SSSR count). The Morgan fingerprint density at radius 2 is 1.90 bits per heavy atom. The van der Waals surface area contributed by atoms with Crippen molar-refractivity contribution in [2.45, 2.75) is 46.1 Å². The molecular formula is C22H24N4O2S. The molecule has 0 unspecified atom stereocenters. The molecule has 3 heterocycles. The molecular weight excluding hydrogens is 384 g/mol. The monoisotopic (exact) mass is 408 g/mol. The second-order valence-electron chi connectivity index (χ2n) is 7.43. The van der Waals surface area contributed by atoms with Crippen molar-refractivity contribution in [3.05, 3.63) is 52.0 Å². The topological polar surface area (TPSA) is 68.1 Å². The predicted octanol–water partition coefficient (Wildman–Crippen LogP) is 3.95. The number of hydrogen-bond acceptors (Lipinski definition) is 5. The van der Waals surface area contributed by atoms with Gasteiger partial charge in [-0.1, -0.05) is 24.3 Å². The summed E-state index contributed by atoms with van der Waals surface area (Å²) in [7, 11) is 0. The summed E-state index contributed by atoms with van der Waals surface area (Å²) in [6.07, 6.45) is 1.73. The van der Waals surface area contributed by atoms with Crippen LogP contribution in [0.5, 0.6) is 0 Å². The van der Waals surface area contributed by atoms with Crippen LogP contribution < -0.4 is 4.90 Å². The van der Waals surface area contributed by atoms with Gasteiger partial charge in [0.05, 0.1) is 16.4 Å². The fourth-order valence-corrected chi connectivity index (χ4v) is 4.27. The first-order valence-electron chi connectivity index (χ1n) is 9.87. The average molecular weight is 409 g/mol. The Bertz CT molecular complexity index is 1040. The lowest BCUT2D eigenvalue weighted by Gasteiger charge is -2.27. The van der Waals surface area contributed by atoms with Gasteiger partial charge in [-0.3, -0.25) is 14.5 Å². The van der Waals surface area contributed by atoms with E-state index in [1.807, 2.05) is 54.2 Å². The lowest BCUT2D eigenvalue weighted by atomic mass is 10.0. The van der Waals surface area contributed by atoms with Gasteiger partial charge in [0.2, 0.25) is 5.91 Å². The van der Waals surface area contributed by atoms with Crippen LogP contribution in [0.25, 0.3) is 11.3 Å². The highest BCUT2D eigenvalue weighted by Gasteiger charge is 2.24. The summed E-state index contributed by atoms with van der Waals surface area (Å²) in [5.41, 5.74) is 3.89. The third-order valence-electron chi connectivity index (χ3n) is 5.10. The van der Waals surface area contributed by atoms with E-state index in [2.05, 4.69) is 10.1 Å². The zero-order chi connectivity index (χ0) is 20.4. The molecule has 2 aromatic heterocycles. The van der Waals surface area contributed by atoms with Crippen LogP contribution >= 0.6 is 11.3 Å². The molecule has 1 aromatic carbocycles. The van der Waals surface area contributed by atoms with E-state index in [1.54, 1.807) is 16.2 Å². The summed E-state index contributed by atoms with van der Waals surface area (Å²) in [5, 5.41) is 7.49. The first kappa shape index (κ1) is 19.5. The Balaban J connectivity index is 1.32. The van der Waals surface area contributed by atoms with Crippen molar-refractivity contribution >= 4 is 28.8 Å². The Morgan fingerprint density at radius 1 is 1.10 bits per heavy atom. The van der Waals surface area contributed by atoms with E-state index >= 15 is 0 Å². The first-order chi connectivity index (χ1) is 14.0. The standard InChI is InChI=1S/C22H24N4O2S/c1-15-12-21-25(10-3-11-26(21)24-15)22(28)9-8-19(27)13-17-4-6-18(7-5-17)20-14-29-16(2)23-20/h4-7,12,14H,3,8-11,13H2,1-2H3. The van der Waals surface area contributed by atoms with Crippen LogP contribution in [0.1, 0.15) is 35.5 Å². The zero-order valence-corrected chi connectivity index (χ0v) is 17.5. The van der Waals surface area contributed by atoms with E-state index in [-0.39, 0.29) is 24.5 Å². The maximum Gasteiger partial charge on any atom is 0.228 e. The third-order valence-corrected chi connectivity index (χ3v) is 5.87. The molecule has 0 spiro atoms. The number of fused-ring (bicyclic) bond motifs is 1. The minimum absolute atomic E-state index is 0.00606. The molecule has 0 fully saturated rings. The highest BCUT2D eigenvalue weighted by molar-refractivity contribution is 7.09. The predicted molar refractivity (Wildman–Crippen MR) is 114 cm³/mol. The van der Waals surface area contributed by atoms with Gasteiger partial charge < -0.3 is 0 Å². The van der Waals surface area contributed by atoms with Gasteiger partial charge in [0.15, 0.2) is 0 Å². The van der Waals surface area contributed by atoms with E-state index in [9.17, 15) is 9.59 Å². The molecule has 0 radical (unpaired) electrons. The molecule has 0 saturated heterocycles. The van der Waals surface area contributed by atoms with Crippen LogP contribution in [0, 0.1) is 13.8 Å². The maximum absolute atomic E-state index is 12.7. The van der Waals surface area contributed by atoms with E-state index in [0.29, 0.717) is 13.0 Å². The number of Topliss-reactive ketones (excluding diaryl/α,β-unsaturated/α-hetero) is 1. The zero-order valence-electron chi connectivity index (χ0n) is 16.7. The number of aromatic nitrogens is 3. The normalized spacial score (nSPS) is 13.4. The van der Waals surface area contributed by atoms with Gasteiger partial charge in [-0.2, -0.15) is 5.10 Å². The van der Waals surface area contributed by atoms with E-state index in [0.717, 1.165) is 46.3 Å². The number of carbonyl (C=O) groups is 2. The van der Waals surface area contributed by atoms with Gasteiger partial charge in [-0.05, 0) is 25.8 Å². The van der Waals surface area contributed by atoms with Gasteiger partial charge in [0.1, 0.15) is 11.6 Å². The fraction of sp³-hybridized carbons (Fsp3) is 0.364. The van der Waals surface area contributed by atoms with Gasteiger partial charge >= 0.3 is 0 Å². The number of nitrogens with zero attached hydrogens (tertiary/aromatic N) is 4. The van der Waals surface area contributed by atoms with E-state index < -0.39 is 0 Å². The smallest absolute Gasteiger partial charge is 0.228 e. The van der Waals surface area contributed by atoms with Crippen LogP contribution in [0.3, 0.4) is 0 Å². The SMILES string of the molecule is Cc1cc2n(n1)CCCN2C(=O)CCC(=O)Cc1ccc(-c2csc(C)n2)cc1. The number of amides is 1. The second-order valence-corrected chi connectivity index (χ2v) is 8.49. The molecule has 3 aromatic rings. The van der Waals surface area contributed by atoms with Crippen molar-refractivity contribution in [1.82, 2.24) is 14.8 Å². The lowest BCUT2D eigenvalue weighted by Crippen LogP contribution is -2.37. The van der Waals surface area contributed by atoms with Gasteiger partial charge in [0.25, 0.3) is 0 Å². The fourth-order valence-electron chi connectivity index (χ4n) is 3.65. The molecule has 6 nitrogen and oxygen atoms in total. The molecule has 29 heavy (non-hydrogen) atoms. The summed E-state index contributed by atoms with van der Waals surface area (Å²) < 4.78 is 1.88. The molecule has 7 heteroatoms. The Kier molecular flexibility index (Phi) is 5.58. The third kappa shape index (κ3) is 4.45. The van der Waals surface area contributed by atoms with E-state index in [4.69, 9.17) is 0 Å². The van der Waals surface area contributed by atoms with Crippen molar-refractivity contribution in [3.63, 3.8) is 0 Å². The summed E-state index contributed by atoms with van der Waals surface area (Å²) in [5.74, 6) is 0.921. The molecule has 1 aliphatic heterocycles. The average Bonchev–Trinajstić information content (AvgIpc) is 3.31.